The van der Waals surface area contributed by atoms with Crippen LogP contribution in [-0.4, -0.2) is 19.2 Å². The van der Waals surface area contributed by atoms with Crippen LogP contribution in [0.2, 0.25) is 0 Å². The summed E-state index contributed by atoms with van der Waals surface area (Å²) in [4.78, 5) is 24.7. The largest absolute Gasteiger partial charge is 0.289 e. The molecule has 4 aromatic carbocycles. The Morgan fingerprint density at radius 1 is 0.778 bits per heavy atom. The Morgan fingerprint density at radius 3 is 1.86 bits per heavy atom. The number of carbonyl (C=O) groups is 1. The molecule has 1 aromatic heterocycles. The summed E-state index contributed by atoms with van der Waals surface area (Å²) in [6.45, 7) is 0. The Balaban J connectivity index is 1.86. The molecule has 36 heavy (non-hydrogen) atoms. The van der Waals surface area contributed by atoms with Crippen LogP contribution in [0.15, 0.2) is 108 Å². The van der Waals surface area contributed by atoms with Gasteiger partial charge in [0, 0.05) is 18.2 Å². The van der Waals surface area contributed by atoms with Gasteiger partial charge in [0.2, 0.25) is 11.0 Å². The molecule has 0 spiro atoms. The van der Waals surface area contributed by atoms with E-state index in [1.54, 1.807) is 42.5 Å². The van der Waals surface area contributed by atoms with Crippen molar-refractivity contribution < 1.29 is 22.7 Å². The van der Waals surface area contributed by atoms with Crippen LogP contribution in [0.4, 0.5) is 11.4 Å². The Kier molecular flexibility index (Phi) is 5.69. The summed E-state index contributed by atoms with van der Waals surface area (Å²) in [6.07, 6.45) is 0. The number of sulfonamides is 1. The van der Waals surface area contributed by atoms with E-state index in [1.807, 2.05) is 35.9 Å². The number of anilines is 1. The second kappa shape index (κ2) is 8.86. The molecule has 5 rings (SSSR count). The molecule has 0 N–H and O–H groups in total. The molecule has 1 amide bonds. The van der Waals surface area contributed by atoms with Gasteiger partial charge in [-0.25, -0.2) is 8.42 Å². The van der Waals surface area contributed by atoms with Crippen molar-refractivity contribution >= 4 is 49.1 Å². The van der Waals surface area contributed by atoms with E-state index in [-0.39, 0.29) is 11.3 Å². The molecular weight excluding hydrogens is 478 g/mol. The van der Waals surface area contributed by atoms with Crippen molar-refractivity contribution in [3.8, 4) is 0 Å². The Bertz CT molecular complexity index is 1710. The van der Waals surface area contributed by atoms with Crippen LogP contribution in [0.3, 0.4) is 0 Å². The van der Waals surface area contributed by atoms with E-state index in [1.165, 1.54) is 24.3 Å². The number of pyridine rings is 1. The molecular formula is C27H20N3O5S+. The fraction of sp³-hybridized carbons (Fsp3) is 0.0370. The molecule has 0 saturated heterocycles. The third kappa shape index (κ3) is 3.66. The molecule has 8 nitrogen and oxygen atoms in total. The molecule has 0 aliphatic rings. The molecule has 0 unspecified atom stereocenters. The van der Waals surface area contributed by atoms with Gasteiger partial charge >= 0.3 is 0 Å². The molecule has 0 fully saturated rings. The summed E-state index contributed by atoms with van der Waals surface area (Å²) < 4.78 is 30.6. The summed E-state index contributed by atoms with van der Waals surface area (Å²) >= 11 is 0. The van der Waals surface area contributed by atoms with Crippen LogP contribution >= 0.6 is 0 Å². The maximum atomic E-state index is 14.4. The fourth-order valence-corrected chi connectivity index (χ4v) is 5.98. The number of rotatable bonds is 5. The topological polar surface area (TPSA) is 101 Å². The van der Waals surface area contributed by atoms with Gasteiger partial charge in [-0.3, -0.25) is 14.9 Å². The monoisotopic (exact) mass is 498 g/mol. The van der Waals surface area contributed by atoms with Gasteiger partial charge in [0.05, 0.1) is 26.9 Å². The van der Waals surface area contributed by atoms with Crippen molar-refractivity contribution in [2.45, 2.75) is 4.90 Å². The van der Waals surface area contributed by atoms with Crippen molar-refractivity contribution in [2.75, 3.05) is 4.31 Å². The molecule has 9 heteroatoms. The number of nitro groups is 1. The maximum Gasteiger partial charge on any atom is 0.289 e. The van der Waals surface area contributed by atoms with E-state index in [0.717, 1.165) is 23.2 Å². The van der Waals surface area contributed by atoms with Gasteiger partial charge in [-0.2, -0.15) is 8.87 Å². The van der Waals surface area contributed by atoms with E-state index in [4.69, 9.17) is 0 Å². The summed E-state index contributed by atoms with van der Waals surface area (Å²) in [6, 6.07) is 27.3. The third-order valence-electron chi connectivity index (χ3n) is 6.04. The van der Waals surface area contributed by atoms with E-state index in [0.29, 0.717) is 15.1 Å². The number of para-hydroxylation sites is 4. The van der Waals surface area contributed by atoms with E-state index >= 15 is 0 Å². The standard InChI is InChI=1S/C27H20N3O5S/c1-28-22-15-7-5-13-20(22)26(21-14-6-8-16-23(21)28)27(31)29(19-11-3-2-4-12-19)36(34,35)25-18-10-9-17-24(25)30(32)33/h2-18H,1H3/q+1. The molecule has 0 saturated carbocycles. The van der Waals surface area contributed by atoms with Crippen molar-refractivity contribution in [1.82, 2.24) is 0 Å². The highest BCUT2D eigenvalue weighted by molar-refractivity contribution is 7.93. The van der Waals surface area contributed by atoms with Crippen LogP contribution in [0.25, 0.3) is 21.8 Å². The number of nitro benzene ring substituents is 1. The highest BCUT2D eigenvalue weighted by Crippen LogP contribution is 2.34. The highest BCUT2D eigenvalue weighted by Gasteiger charge is 2.38. The number of hydrogen-bond acceptors (Lipinski definition) is 5. The quantitative estimate of drug-likeness (QED) is 0.150. The lowest BCUT2D eigenvalue weighted by molar-refractivity contribution is -0.617. The second-order valence-electron chi connectivity index (χ2n) is 8.10. The Labute approximate surface area is 206 Å². The molecule has 1 heterocycles. The minimum Gasteiger partial charge on any atom is -0.268 e. The molecule has 5 aromatic rings. The first-order valence-corrected chi connectivity index (χ1v) is 12.4. The van der Waals surface area contributed by atoms with Crippen molar-refractivity contribution in [3.05, 3.63) is 119 Å². The normalized spacial score (nSPS) is 11.5. The first-order chi connectivity index (χ1) is 17.3. The van der Waals surface area contributed by atoms with E-state index in [9.17, 15) is 23.3 Å². The van der Waals surface area contributed by atoms with Crippen molar-refractivity contribution in [1.29, 1.82) is 0 Å². The number of fused-ring (bicyclic) bond motifs is 2. The van der Waals surface area contributed by atoms with Gasteiger partial charge in [-0.05, 0) is 30.3 Å². The van der Waals surface area contributed by atoms with Crippen LogP contribution in [0.5, 0.6) is 0 Å². The van der Waals surface area contributed by atoms with Gasteiger partial charge in [-0.1, -0.05) is 54.6 Å². The average Bonchev–Trinajstić information content (AvgIpc) is 2.89. The smallest absolute Gasteiger partial charge is 0.268 e. The zero-order valence-electron chi connectivity index (χ0n) is 19.1. The Morgan fingerprint density at radius 2 is 1.28 bits per heavy atom. The zero-order valence-corrected chi connectivity index (χ0v) is 19.9. The third-order valence-corrected chi connectivity index (χ3v) is 7.80. The summed E-state index contributed by atoms with van der Waals surface area (Å²) in [5, 5.41) is 12.8. The number of carbonyl (C=O) groups excluding carboxylic acids is 1. The van der Waals surface area contributed by atoms with Gasteiger partial charge in [0.25, 0.3) is 21.6 Å². The SMILES string of the molecule is C[n+]1c2ccccc2c(C(=O)N(c2ccccc2)S(=O)(=O)c2ccccc2[N+](=O)[O-])c2ccccc21. The molecule has 0 aliphatic carbocycles. The van der Waals surface area contributed by atoms with Crippen LogP contribution in [0, 0.1) is 10.1 Å². The van der Waals surface area contributed by atoms with Crippen LogP contribution in [-0.2, 0) is 17.1 Å². The van der Waals surface area contributed by atoms with Gasteiger partial charge < -0.3 is 0 Å². The lowest BCUT2D eigenvalue weighted by atomic mass is 10.0. The molecule has 0 aliphatic heterocycles. The summed E-state index contributed by atoms with van der Waals surface area (Å²) in [7, 11) is -2.82. The van der Waals surface area contributed by atoms with Gasteiger partial charge in [-0.15, -0.1) is 0 Å². The second-order valence-corrected chi connectivity index (χ2v) is 9.86. The Hall–Kier alpha value is -4.63. The van der Waals surface area contributed by atoms with Crippen LogP contribution < -0.4 is 8.87 Å². The number of aromatic nitrogens is 1. The lowest BCUT2D eigenvalue weighted by Crippen LogP contribution is -2.39. The predicted octanol–water partition coefficient (Wildman–Crippen LogP) is 4.76. The van der Waals surface area contributed by atoms with Gasteiger partial charge in [0.1, 0.15) is 7.05 Å². The number of benzene rings is 4. The molecule has 0 bridgehead atoms. The molecule has 0 radical (unpaired) electrons. The summed E-state index contributed by atoms with van der Waals surface area (Å²) in [5.74, 6) is -0.813. The van der Waals surface area contributed by atoms with Crippen molar-refractivity contribution in [3.63, 3.8) is 0 Å². The minimum absolute atomic E-state index is 0.0713. The molecule has 178 valence electrons. The zero-order chi connectivity index (χ0) is 25.4. The number of aryl methyl sites for hydroxylation is 1. The van der Waals surface area contributed by atoms with Crippen molar-refractivity contribution in [2.24, 2.45) is 7.05 Å². The highest BCUT2D eigenvalue weighted by atomic mass is 32.2. The first-order valence-electron chi connectivity index (χ1n) is 11.0. The van der Waals surface area contributed by atoms with E-state index in [2.05, 4.69) is 0 Å². The lowest BCUT2D eigenvalue weighted by Gasteiger charge is -2.23. The van der Waals surface area contributed by atoms with Crippen LogP contribution in [0.1, 0.15) is 10.4 Å². The number of nitrogens with zero attached hydrogens (tertiary/aromatic N) is 3. The number of amides is 1. The van der Waals surface area contributed by atoms with Gasteiger partial charge in [0.15, 0.2) is 4.90 Å². The predicted molar refractivity (Wildman–Crippen MR) is 136 cm³/mol. The minimum atomic E-state index is -4.69. The van der Waals surface area contributed by atoms with E-state index < -0.39 is 31.4 Å². The maximum absolute atomic E-state index is 14.4. The number of hydrogen-bond donors (Lipinski definition) is 0. The fourth-order valence-electron chi connectivity index (χ4n) is 4.41. The average molecular weight is 499 g/mol. The summed E-state index contributed by atoms with van der Waals surface area (Å²) in [5.41, 5.74) is 1.11. The molecule has 0 atom stereocenters. The first kappa shape index (κ1) is 23.1.